The molecular weight excluding hydrogens is 550 g/mol. The average molecular weight is 594 g/mol. The number of guanidine groups is 1. The maximum atomic E-state index is 13.3. The monoisotopic (exact) mass is 593 g/mol. The predicted molar refractivity (Wildman–Crippen MR) is 154 cm³/mol. The second kappa shape index (κ2) is 15.7. The van der Waals surface area contributed by atoms with Crippen molar-refractivity contribution in [2.24, 2.45) is 11.5 Å². The molecule has 3 rings (SSSR count). The highest BCUT2D eigenvalue weighted by Gasteiger charge is 2.36. The Bertz CT molecular complexity index is 1150. The zero-order valence-electron chi connectivity index (χ0n) is 23.4. The van der Waals surface area contributed by atoms with E-state index in [9.17, 15) is 22.8 Å². The Balaban J connectivity index is 1.57. The Morgan fingerprint density at radius 3 is 2.49 bits per heavy atom. The largest absolute Gasteiger partial charge is 0.370 e. The highest BCUT2D eigenvalue weighted by atomic mass is 32.2. The first-order valence-corrected chi connectivity index (χ1v) is 15.8. The van der Waals surface area contributed by atoms with Gasteiger partial charge in [0.05, 0.1) is 18.3 Å². The summed E-state index contributed by atoms with van der Waals surface area (Å²) in [6.45, 7) is 1.00. The van der Waals surface area contributed by atoms with Crippen LogP contribution in [0.3, 0.4) is 0 Å². The van der Waals surface area contributed by atoms with Gasteiger partial charge in [-0.05, 0) is 50.5 Å². The Kier molecular flexibility index (Phi) is 12.4. The molecule has 0 aliphatic carbocycles. The number of ether oxygens (including phenoxy) is 1. The van der Waals surface area contributed by atoms with E-state index in [0.717, 1.165) is 6.42 Å². The number of hydrogen-bond donors (Lipinski definition) is 5. The second-order valence-corrected chi connectivity index (χ2v) is 12.4. The van der Waals surface area contributed by atoms with Gasteiger partial charge >= 0.3 is 0 Å². The molecule has 1 aromatic rings. The van der Waals surface area contributed by atoms with Gasteiger partial charge in [0.1, 0.15) is 6.04 Å². The number of nitrogens with zero attached hydrogens (tertiary/aromatic N) is 2. The summed E-state index contributed by atoms with van der Waals surface area (Å²) in [6.07, 6.45) is 4.72. The molecule has 0 radical (unpaired) electrons. The first kappa shape index (κ1) is 32.3. The van der Waals surface area contributed by atoms with Crippen molar-refractivity contribution >= 4 is 33.7 Å². The van der Waals surface area contributed by atoms with Gasteiger partial charge in [-0.15, -0.1) is 0 Å². The molecular formula is C27H43N7O6S. The normalized spacial score (nSPS) is 21.8. The van der Waals surface area contributed by atoms with Crippen molar-refractivity contribution in [2.75, 3.05) is 26.2 Å². The molecule has 228 valence electrons. The van der Waals surface area contributed by atoms with Crippen LogP contribution in [-0.2, 0) is 34.9 Å². The summed E-state index contributed by atoms with van der Waals surface area (Å²) in [5.41, 5.74) is 11.6. The third-order valence-corrected chi connectivity index (χ3v) is 8.57. The van der Waals surface area contributed by atoms with Gasteiger partial charge in [0.15, 0.2) is 12.2 Å². The molecule has 0 saturated carbocycles. The number of carbonyl (C=O) groups is 3. The van der Waals surface area contributed by atoms with Crippen molar-refractivity contribution in [1.82, 2.24) is 19.8 Å². The molecule has 7 N–H and O–H groups in total. The van der Waals surface area contributed by atoms with E-state index in [1.165, 1.54) is 4.90 Å². The van der Waals surface area contributed by atoms with Crippen LogP contribution in [0.1, 0.15) is 63.4 Å². The number of piperidine rings is 1. The minimum absolute atomic E-state index is 0.156. The zero-order valence-corrected chi connectivity index (χ0v) is 24.2. The van der Waals surface area contributed by atoms with Crippen molar-refractivity contribution in [2.45, 2.75) is 81.9 Å². The molecule has 1 unspecified atom stereocenters. The quantitative estimate of drug-likeness (QED) is 0.115. The van der Waals surface area contributed by atoms with Crippen LogP contribution in [0, 0.1) is 5.41 Å². The van der Waals surface area contributed by atoms with Crippen molar-refractivity contribution in [3.05, 3.63) is 35.9 Å². The van der Waals surface area contributed by atoms with Crippen LogP contribution >= 0.6 is 0 Å². The molecule has 0 bridgehead atoms. The Labute approximate surface area is 241 Å². The maximum Gasteiger partial charge on any atom is 0.241 e. The molecule has 2 fully saturated rings. The fourth-order valence-corrected chi connectivity index (χ4v) is 6.57. The molecule has 13 nitrogen and oxygen atoms in total. The van der Waals surface area contributed by atoms with Crippen molar-refractivity contribution in [1.29, 1.82) is 5.41 Å². The van der Waals surface area contributed by atoms with E-state index < -0.39 is 40.1 Å². The lowest BCUT2D eigenvalue weighted by atomic mass is 10.0. The number of primary amides is 1. The number of sulfonamides is 1. The van der Waals surface area contributed by atoms with Crippen LogP contribution < -0.4 is 21.5 Å². The van der Waals surface area contributed by atoms with Gasteiger partial charge in [-0.3, -0.25) is 19.8 Å². The van der Waals surface area contributed by atoms with Gasteiger partial charge in [-0.2, -0.15) is 0 Å². The van der Waals surface area contributed by atoms with Crippen molar-refractivity contribution < 1.29 is 27.5 Å². The van der Waals surface area contributed by atoms with E-state index in [1.54, 1.807) is 35.2 Å². The number of likely N-dealkylation sites (tertiary alicyclic amines) is 2. The van der Waals surface area contributed by atoms with Crippen LogP contribution in [0.4, 0.5) is 0 Å². The highest BCUT2D eigenvalue weighted by molar-refractivity contribution is 7.88. The Morgan fingerprint density at radius 2 is 1.78 bits per heavy atom. The molecule has 2 saturated heterocycles. The molecule has 3 atom stereocenters. The van der Waals surface area contributed by atoms with E-state index in [4.69, 9.17) is 21.6 Å². The summed E-state index contributed by atoms with van der Waals surface area (Å²) < 4.78 is 34.2. The van der Waals surface area contributed by atoms with Crippen LogP contribution in [0.25, 0.3) is 0 Å². The Hall–Kier alpha value is -3.23. The molecule has 14 heteroatoms. The predicted octanol–water partition coefficient (Wildman–Crippen LogP) is 0.350. The minimum Gasteiger partial charge on any atom is -0.370 e. The number of unbranched alkanes of at least 4 members (excludes halogenated alkanes) is 2. The number of benzene rings is 1. The van der Waals surface area contributed by atoms with Gasteiger partial charge in [0, 0.05) is 26.1 Å². The lowest BCUT2D eigenvalue weighted by molar-refractivity contribution is -0.138. The topological polar surface area (TPSA) is 201 Å². The summed E-state index contributed by atoms with van der Waals surface area (Å²) in [5.74, 6) is -1.55. The van der Waals surface area contributed by atoms with E-state index in [-0.39, 0.29) is 24.2 Å². The fraction of sp³-hybridized carbons (Fsp3) is 0.630. The van der Waals surface area contributed by atoms with Crippen molar-refractivity contribution in [3.8, 4) is 0 Å². The van der Waals surface area contributed by atoms with E-state index in [0.29, 0.717) is 76.6 Å². The number of hydrogen-bond acceptors (Lipinski definition) is 7. The standard InChI is InChI=1S/C27H43N7O6S/c28-23(35)14-5-2-8-17-40-26-22(13-9-16-34(26)27(29)30)31-24(36)18-33-15-7-6-12-21(25(33)37)32-41(38,39)19-20-10-3-1-4-11-20/h1,3-4,10-11,21-22,26,32H,2,5-9,12-19H2,(H2,28,35)(H3,29,30)(H,31,36)/t21-,22-,26?/m0/s1. The summed E-state index contributed by atoms with van der Waals surface area (Å²) in [7, 11) is -3.77. The number of nitrogens with two attached hydrogens (primary N) is 2. The molecule has 2 aliphatic heterocycles. The van der Waals surface area contributed by atoms with E-state index in [1.807, 2.05) is 0 Å². The number of amides is 3. The second-order valence-electron chi connectivity index (χ2n) is 10.6. The number of nitrogens with one attached hydrogen (secondary N) is 3. The van der Waals surface area contributed by atoms with Gasteiger partial charge < -0.3 is 31.3 Å². The SMILES string of the molecule is N=C(N)N1CCC[C@H](NC(=O)CN2CCCC[C@H](NS(=O)(=O)Cc3ccccc3)C2=O)C1OCCCCCC(N)=O. The summed E-state index contributed by atoms with van der Waals surface area (Å²) in [4.78, 5) is 40.3. The molecule has 3 amide bonds. The van der Waals surface area contributed by atoms with Gasteiger partial charge in [0.2, 0.25) is 27.7 Å². The molecule has 0 spiro atoms. The van der Waals surface area contributed by atoms with E-state index in [2.05, 4.69) is 10.0 Å². The molecule has 2 heterocycles. The van der Waals surface area contributed by atoms with Crippen LogP contribution in [0.5, 0.6) is 0 Å². The lowest BCUT2D eigenvalue weighted by Crippen LogP contribution is -2.60. The van der Waals surface area contributed by atoms with Crippen LogP contribution in [0.2, 0.25) is 0 Å². The maximum absolute atomic E-state index is 13.3. The highest BCUT2D eigenvalue weighted by Crippen LogP contribution is 2.20. The lowest BCUT2D eigenvalue weighted by Gasteiger charge is -2.41. The molecule has 41 heavy (non-hydrogen) atoms. The van der Waals surface area contributed by atoms with Crippen LogP contribution in [0.15, 0.2) is 30.3 Å². The van der Waals surface area contributed by atoms with Gasteiger partial charge in [-0.25, -0.2) is 13.1 Å². The first-order valence-electron chi connectivity index (χ1n) is 14.2. The zero-order chi connectivity index (χ0) is 29.8. The molecule has 2 aliphatic rings. The molecule has 0 aromatic heterocycles. The number of rotatable bonds is 14. The van der Waals surface area contributed by atoms with Crippen LogP contribution in [-0.4, -0.2) is 86.5 Å². The molecule has 1 aromatic carbocycles. The average Bonchev–Trinajstić information content (AvgIpc) is 3.07. The third kappa shape index (κ3) is 10.6. The summed E-state index contributed by atoms with van der Waals surface area (Å²) in [6, 6.07) is 7.35. The summed E-state index contributed by atoms with van der Waals surface area (Å²) in [5, 5.41) is 10.9. The third-order valence-electron chi connectivity index (χ3n) is 7.21. The van der Waals surface area contributed by atoms with E-state index >= 15 is 0 Å². The van der Waals surface area contributed by atoms with Gasteiger partial charge in [-0.1, -0.05) is 36.8 Å². The first-order chi connectivity index (χ1) is 19.6. The number of carbonyl (C=O) groups excluding carboxylic acids is 3. The Morgan fingerprint density at radius 1 is 1.02 bits per heavy atom. The van der Waals surface area contributed by atoms with Crippen molar-refractivity contribution in [3.63, 3.8) is 0 Å². The fourth-order valence-electron chi connectivity index (χ4n) is 5.21. The minimum atomic E-state index is -3.77. The smallest absolute Gasteiger partial charge is 0.241 e. The van der Waals surface area contributed by atoms with Gasteiger partial charge in [0.25, 0.3) is 0 Å². The summed E-state index contributed by atoms with van der Waals surface area (Å²) >= 11 is 0.